The van der Waals surface area contributed by atoms with Crippen LogP contribution in [0, 0.1) is 35.5 Å². The van der Waals surface area contributed by atoms with Crippen molar-refractivity contribution in [2.45, 2.75) is 0 Å². The van der Waals surface area contributed by atoms with Gasteiger partial charge < -0.3 is 4.90 Å². The molecule has 6 heterocycles. The van der Waals surface area contributed by atoms with Gasteiger partial charge in [0.25, 0.3) is 0 Å². The largest absolute Gasteiger partial charge is 0.311 e. The molecule has 0 unspecified atom stereocenters. The predicted molar refractivity (Wildman–Crippen MR) is 265 cm³/mol. The third kappa shape index (κ3) is 11.3. The van der Waals surface area contributed by atoms with Crippen LogP contribution in [0.3, 0.4) is 0 Å². The van der Waals surface area contributed by atoms with Gasteiger partial charge in [0, 0.05) is 67.0 Å². The minimum absolute atomic E-state index is 0.862. The minimum atomic E-state index is 0.862. The van der Waals surface area contributed by atoms with E-state index in [4.69, 9.17) is 0 Å². The average Bonchev–Trinajstić information content (AvgIpc) is 4.14. The molecule has 0 amide bonds. The molecule has 0 bridgehead atoms. The van der Waals surface area contributed by atoms with E-state index in [9.17, 15) is 0 Å². The maximum Gasteiger partial charge on any atom is 0.115 e. The molecule has 0 aliphatic rings. The van der Waals surface area contributed by atoms with E-state index >= 15 is 0 Å². The van der Waals surface area contributed by atoms with Crippen molar-refractivity contribution in [3.05, 3.63) is 228 Å². The fourth-order valence-corrected chi connectivity index (χ4v) is 8.45. The van der Waals surface area contributed by atoms with Crippen molar-refractivity contribution >= 4 is 87.5 Å². The van der Waals surface area contributed by atoms with Gasteiger partial charge in [-0.15, -0.1) is 34.0 Å². The first kappa shape index (κ1) is 41.1. The van der Waals surface area contributed by atoms with Crippen LogP contribution in [-0.4, -0.2) is 29.9 Å². The van der Waals surface area contributed by atoms with Crippen LogP contribution in [0.2, 0.25) is 0 Å². The van der Waals surface area contributed by atoms with Gasteiger partial charge >= 0.3 is 0 Å². The number of hydrogen-bond acceptors (Lipinski definition) is 10. The van der Waals surface area contributed by atoms with Crippen molar-refractivity contribution in [2.24, 2.45) is 0 Å². The second-order valence-corrected chi connectivity index (χ2v) is 17.1. The number of hydrogen-bond donors (Lipinski definition) is 0. The number of nitrogens with zero attached hydrogens (tertiary/aromatic N) is 7. The highest BCUT2D eigenvalue weighted by atomic mass is 32.1. The molecule has 0 atom stereocenters. The lowest BCUT2D eigenvalue weighted by Crippen LogP contribution is -2.09. The summed E-state index contributed by atoms with van der Waals surface area (Å²) in [5, 5.41) is 0. The molecule has 6 aromatic heterocycles. The Hall–Kier alpha value is -8.30. The SMILES string of the molecule is C(#Cc1ccc(/C=C/c2ccncn2)s1)c1ccc(N(c2ccc(C#Cc3ccc(/C=C/c4ccncn4)s3)cc2)c2ccc(C#Cc3ccc(/C=C/c4ccncn4)s3)cc2)cc1. The lowest BCUT2D eigenvalue weighted by molar-refractivity contribution is 1.15. The Kier molecular flexibility index (Phi) is 13.2. The molecule has 0 aliphatic heterocycles. The Labute approximate surface area is 383 Å². The van der Waals surface area contributed by atoms with Crippen LogP contribution in [0.15, 0.2) is 165 Å². The molecule has 9 rings (SSSR count). The Balaban J connectivity index is 0.932. The highest BCUT2D eigenvalue weighted by Crippen LogP contribution is 2.35. The van der Waals surface area contributed by atoms with E-state index in [0.29, 0.717) is 0 Å². The lowest BCUT2D eigenvalue weighted by atomic mass is 10.1. The Bertz CT molecular complexity index is 2910. The third-order valence-corrected chi connectivity index (χ3v) is 12.2. The van der Waals surface area contributed by atoms with Gasteiger partial charge in [0.2, 0.25) is 0 Å². The number of aromatic nitrogens is 6. The van der Waals surface area contributed by atoms with Gasteiger partial charge in [0.05, 0.1) is 31.7 Å². The van der Waals surface area contributed by atoms with Crippen LogP contribution in [0.5, 0.6) is 0 Å². The van der Waals surface area contributed by atoms with Gasteiger partial charge in [-0.25, -0.2) is 29.9 Å². The third-order valence-electron chi connectivity index (χ3n) is 9.32. The minimum Gasteiger partial charge on any atom is -0.311 e. The molecular formula is C54H33N7S3. The van der Waals surface area contributed by atoms with Crippen molar-refractivity contribution in [3.8, 4) is 35.5 Å². The van der Waals surface area contributed by atoms with Gasteiger partial charge in [-0.1, -0.05) is 35.5 Å². The van der Waals surface area contributed by atoms with Crippen molar-refractivity contribution in [1.82, 2.24) is 29.9 Å². The van der Waals surface area contributed by atoms with Crippen LogP contribution in [0.1, 0.15) is 63.0 Å². The molecule has 7 nitrogen and oxygen atoms in total. The number of rotatable bonds is 9. The second kappa shape index (κ2) is 20.5. The van der Waals surface area contributed by atoms with E-state index in [0.717, 1.165) is 80.1 Å². The van der Waals surface area contributed by atoms with E-state index in [1.807, 2.05) is 72.9 Å². The molecule has 10 heteroatoms. The zero-order chi connectivity index (χ0) is 43.2. The summed E-state index contributed by atoms with van der Waals surface area (Å²) in [6.45, 7) is 0. The maximum atomic E-state index is 4.26. The Morgan fingerprint density at radius 3 is 0.922 bits per heavy atom. The molecule has 0 saturated carbocycles. The average molecular weight is 876 g/mol. The summed E-state index contributed by atoms with van der Waals surface area (Å²) >= 11 is 4.92. The molecule has 0 fully saturated rings. The summed E-state index contributed by atoms with van der Waals surface area (Å²) in [5.41, 5.74) is 8.36. The van der Waals surface area contributed by atoms with Crippen LogP contribution in [0.4, 0.5) is 17.1 Å². The Morgan fingerprint density at radius 2 is 0.641 bits per heavy atom. The van der Waals surface area contributed by atoms with E-state index in [1.165, 1.54) is 0 Å². The van der Waals surface area contributed by atoms with Crippen molar-refractivity contribution in [1.29, 1.82) is 0 Å². The smallest absolute Gasteiger partial charge is 0.115 e. The predicted octanol–water partition coefficient (Wildman–Crippen LogP) is 12.4. The highest BCUT2D eigenvalue weighted by Gasteiger charge is 2.13. The first-order chi connectivity index (χ1) is 31.6. The zero-order valence-corrected chi connectivity index (χ0v) is 36.4. The van der Waals surface area contributed by atoms with Crippen LogP contribution in [-0.2, 0) is 0 Å². The molecule has 0 radical (unpaired) electrons. The maximum absolute atomic E-state index is 4.26. The molecule has 64 heavy (non-hydrogen) atoms. The summed E-state index contributed by atoms with van der Waals surface area (Å²) < 4.78 is 0. The number of anilines is 3. The fourth-order valence-electron chi connectivity index (χ4n) is 6.16. The van der Waals surface area contributed by atoms with Gasteiger partial charge in [0.1, 0.15) is 19.0 Å². The molecule has 9 aromatic rings. The fraction of sp³-hybridized carbons (Fsp3) is 0. The first-order valence-corrected chi connectivity index (χ1v) is 22.4. The standard InChI is InChI=1S/C54H33N7S3/c1-13-46(14-2-40(1)7-19-49-25-28-52(62-49)22-10-43-31-34-55-37-58-43)61(47-15-3-41(4-16-47)8-20-50-26-29-53(63-50)23-11-44-32-35-56-38-59-44)48-17-5-42(6-18-48)9-21-51-27-30-54(64-51)24-12-45-33-36-57-39-60-45/h1-6,10-18,22-39H/b22-10+,23-11+,24-12+. The van der Waals surface area contributed by atoms with Gasteiger partial charge in [-0.05, 0) is 164 Å². The number of thiophene rings is 3. The highest BCUT2D eigenvalue weighted by molar-refractivity contribution is 7.14. The summed E-state index contributed by atoms with van der Waals surface area (Å²) in [6.07, 6.45) is 21.9. The molecule has 0 spiro atoms. The van der Waals surface area contributed by atoms with Crippen LogP contribution < -0.4 is 4.90 Å². The van der Waals surface area contributed by atoms with E-state index < -0.39 is 0 Å². The molecule has 0 saturated heterocycles. The van der Waals surface area contributed by atoms with Crippen molar-refractivity contribution < 1.29 is 0 Å². The normalized spacial score (nSPS) is 10.9. The van der Waals surface area contributed by atoms with E-state index in [2.05, 4.69) is 161 Å². The van der Waals surface area contributed by atoms with Crippen LogP contribution in [0.25, 0.3) is 36.5 Å². The summed E-state index contributed by atoms with van der Waals surface area (Å²) in [6, 6.07) is 43.0. The summed E-state index contributed by atoms with van der Waals surface area (Å²) in [5.74, 6) is 20.0. The molecule has 0 N–H and O–H groups in total. The summed E-state index contributed by atoms with van der Waals surface area (Å²) in [4.78, 5) is 33.2. The number of benzene rings is 3. The molecule has 0 aliphatic carbocycles. The molecule has 302 valence electrons. The quantitative estimate of drug-likeness (QED) is 0.134. The topological polar surface area (TPSA) is 80.6 Å². The van der Waals surface area contributed by atoms with E-state index in [1.54, 1.807) is 71.6 Å². The van der Waals surface area contributed by atoms with Gasteiger partial charge in [-0.2, -0.15) is 0 Å². The zero-order valence-electron chi connectivity index (χ0n) is 33.9. The van der Waals surface area contributed by atoms with Gasteiger partial charge in [-0.3, -0.25) is 0 Å². The monoisotopic (exact) mass is 875 g/mol. The summed E-state index contributed by atoms with van der Waals surface area (Å²) in [7, 11) is 0. The first-order valence-electron chi connectivity index (χ1n) is 19.9. The second-order valence-electron chi connectivity index (χ2n) is 13.7. The van der Waals surface area contributed by atoms with Crippen molar-refractivity contribution in [3.63, 3.8) is 0 Å². The molecular weight excluding hydrogens is 843 g/mol. The lowest BCUT2D eigenvalue weighted by Gasteiger charge is -2.25. The Morgan fingerprint density at radius 1 is 0.328 bits per heavy atom. The van der Waals surface area contributed by atoms with Crippen molar-refractivity contribution in [2.75, 3.05) is 4.90 Å². The van der Waals surface area contributed by atoms with Gasteiger partial charge in [0.15, 0.2) is 0 Å². The van der Waals surface area contributed by atoms with E-state index in [-0.39, 0.29) is 0 Å². The molecule has 3 aromatic carbocycles. The van der Waals surface area contributed by atoms with Crippen LogP contribution >= 0.6 is 34.0 Å².